The fourth-order valence-corrected chi connectivity index (χ4v) is 11.4. The highest BCUT2D eigenvalue weighted by Gasteiger charge is 2.69. The molecule has 176 valence electrons. The van der Waals surface area contributed by atoms with Crippen LogP contribution in [0.1, 0.15) is 113 Å². The van der Waals surface area contributed by atoms with Gasteiger partial charge in [0, 0.05) is 0 Å². The van der Waals surface area contributed by atoms with Crippen molar-refractivity contribution in [3.63, 3.8) is 0 Å². The van der Waals surface area contributed by atoms with Crippen LogP contribution >= 0.6 is 0 Å². The third kappa shape index (κ3) is 2.65. The summed E-state index contributed by atoms with van der Waals surface area (Å²) in [6.07, 6.45) is 13.2. The van der Waals surface area contributed by atoms with E-state index in [1.54, 1.807) is 0 Å². The number of hydrogen-bond acceptors (Lipinski definition) is 1. The predicted molar refractivity (Wildman–Crippen MR) is 131 cm³/mol. The summed E-state index contributed by atoms with van der Waals surface area (Å²) in [7, 11) is 0. The van der Waals surface area contributed by atoms with E-state index in [1.807, 2.05) is 0 Å². The van der Waals surface area contributed by atoms with E-state index < -0.39 is 0 Å². The maximum absolute atomic E-state index is 10.9. The van der Waals surface area contributed by atoms with Gasteiger partial charge in [-0.15, -0.1) is 0 Å². The second-order valence-corrected chi connectivity index (χ2v) is 14.7. The molecule has 10 atom stereocenters. The summed E-state index contributed by atoms with van der Waals surface area (Å²) in [5, 5.41) is 10.9. The van der Waals surface area contributed by atoms with Gasteiger partial charge in [0.15, 0.2) is 0 Å². The zero-order chi connectivity index (χ0) is 22.6. The van der Waals surface area contributed by atoms with Gasteiger partial charge in [-0.3, -0.25) is 0 Å². The third-order valence-electron chi connectivity index (χ3n) is 13.6. The zero-order valence-corrected chi connectivity index (χ0v) is 21.7. The first-order valence-corrected chi connectivity index (χ1v) is 13.7. The molecule has 0 radical (unpaired) electrons. The summed E-state index contributed by atoms with van der Waals surface area (Å²) < 4.78 is 0. The van der Waals surface area contributed by atoms with E-state index in [9.17, 15) is 5.11 Å². The highest BCUT2D eigenvalue weighted by Crippen LogP contribution is 2.76. The zero-order valence-electron chi connectivity index (χ0n) is 21.7. The summed E-state index contributed by atoms with van der Waals surface area (Å²) in [6.45, 7) is 22.6. The molecule has 5 fully saturated rings. The van der Waals surface area contributed by atoms with Gasteiger partial charge in [-0.2, -0.15) is 0 Å². The van der Waals surface area contributed by atoms with E-state index in [2.05, 4.69) is 55.0 Å². The molecular weight excluding hydrogens is 376 g/mol. The van der Waals surface area contributed by atoms with E-state index in [0.29, 0.717) is 33.5 Å². The summed E-state index contributed by atoms with van der Waals surface area (Å²) in [5.41, 5.74) is 3.43. The molecule has 5 aliphatic rings. The van der Waals surface area contributed by atoms with Crippen LogP contribution in [0.3, 0.4) is 0 Å². The average Bonchev–Trinajstić information content (AvgIpc) is 2.69. The largest absolute Gasteiger partial charge is 0.393 e. The van der Waals surface area contributed by atoms with E-state index >= 15 is 0 Å². The van der Waals surface area contributed by atoms with Crippen LogP contribution in [0.4, 0.5) is 0 Å². The molecule has 1 N–H and O–H groups in total. The van der Waals surface area contributed by atoms with Gasteiger partial charge in [0.25, 0.3) is 0 Å². The quantitative estimate of drug-likeness (QED) is 0.389. The lowest BCUT2D eigenvalue weighted by molar-refractivity contribution is -0.251. The van der Waals surface area contributed by atoms with Crippen LogP contribution in [0, 0.1) is 56.7 Å². The van der Waals surface area contributed by atoms with Crippen molar-refractivity contribution >= 4 is 0 Å². The Kier molecular flexibility index (Phi) is 4.82. The lowest BCUT2D eigenvalue weighted by Gasteiger charge is -2.73. The Morgan fingerprint density at radius 1 is 0.774 bits per heavy atom. The highest BCUT2D eigenvalue weighted by atomic mass is 16.3. The molecule has 0 amide bonds. The molecule has 0 saturated heterocycles. The van der Waals surface area contributed by atoms with Gasteiger partial charge in [-0.25, -0.2) is 0 Å². The SMILES string of the molecule is C=C1CC[C@]2(C)CC[C@]3(C)[C@@H](CC[C@@H]4[C@@]5(C)CC[C@H](O)C(C)(C)[C@H]5CC[C@]43C)[C@@H]2[C@@H]1C. The molecular formula is C30H50O. The fourth-order valence-electron chi connectivity index (χ4n) is 11.4. The maximum Gasteiger partial charge on any atom is 0.0594 e. The van der Waals surface area contributed by atoms with Gasteiger partial charge in [-0.1, -0.05) is 60.6 Å². The van der Waals surface area contributed by atoms with Crippen molar-refractivity contribution in [2.24, 2.45) is 56.7 Å². The van der Waals surface area contributed by atoms with Crippen molar-refractivity contribution in [2.45, 2.75) is 119 Å². The summed E-state index contributed by atoms with van der Waals surface area (Å²) in [5.74, 6) is 3.88. The minimum Gasteiger partial charge on any atom is -0.393 e. The smallest absolute Gasteiger partial charge is 0.0594 e. The Morgan fingerprint density at radius 2 is 1.48 bits per heavy atom. The Bertz CT molecular complexity index is 766. The lowest BCUT2D eigenvalue weighted by atomic mass is 9.31. The van der Waals surface area contributed by atoms with Crippen LogP contribution in [0.5, 0.6) is 0 Å². The molecule has 0 aromatic rings. The van der Waals surface area contributed by atoms with Crippen LogP contribution in [0.25, 0.3) is 0 Å². The number of aliphatic hydroxyl groups excluding tert-OH is 1. The second-order valence-electron chi connectivity index (χ2n) is 14.7. The second kappa shape index (κ2) is 6.64. The Balaban J connectivity index is 1.54. The van der Waals surface area contributed by atoms with Crippen LogP contribution in [0.2, 0.25) is 0 Å². The first-order chi connectivity index (χ1) is 14.3. The fraction of sp³-hybridized carbons (Fsp3) is 0.933. The standard InChI is InChI=1S/C30H50O/c1-19-11-14-27(5)17-18-29(7)21(25(27)20(19)2)9-10-23-28(6)15-13-24(31)26(3,4)22(28)12-16-30(23,29)8/h20-25,31H,1,9-18H2,2-8H3/t20-,21+,22-,23-,24+,25+,27-,28+,29-,30-/m1/s1. The number of allylic oxidation sites excluding steroid dienone is 1. The van der Waals surface area contributed by atoms with Crippen LogP contribution < -0.4 is 0 Å². The monoisotopic (exact) mass is 426 g/mol. The van der Waals surface area contributed by atoms with Crippen molar-refractivity contribution < 1.29 is 5.11 Å². The minimum absolute atomic E-state index is 0.0623. The third-order valence-corrected chi connectivity index (χ3v) is 13.6. The van der Waals surface area contributed by atoms with Crippen LogP contribution in [0.15, 0.2) is 12.2 Å². The summed E-state index contributed by atoms with van der Waals surface area (Å²) in [4.78, 5) is 0. The Morgan fingerprint density at radius 3 is 2.19 bits per heavy atom. The van der Waals surface area contributed by atoms with E-state index in [1.165, 1.54) is 63.4 Å². The molecule has 5 saturated carbocycles. The normalized spacial score (nSPS) is 58.5. The Hall–Kier alpha value is -0.300. The molecule has 0 aromatic heterocycles. The van der Waals surface area contributed by atoms with Gasteiger partial charge in [0.05, 0.1) is 6.10 Å². The minimum atomic E-state index is -0.119. The van der Waals surface area contributed by atoms with Crippen molar-refractivity contribution in [3.05, 3.63) is 12.2 Å². The molecule has 1 nitrogen and oxygen atoms in total. The van der Waals surface area contributed by atoms with Gasteiger partial charge in [0.2, 0.25) is 0 Å². The summed E-state index contributed by atoms with van der Waals surface area (Å²) >= 11 is 0. The Labute approximate surface area is 192 Å². The number of rotatable bonds is 0. The molecule has 5 rings (SSSR count). The van der Waals surface area contributed by atoms with Crippen molar-refractivity contribution in [3.8, 4) is 0 Å². The summed E-state index contributed by atoms with van der Waals surface area (Å²) in [6, 6.07) is 0. The molecule has 0 bridgehead atoms. The lowest BCUT2D eigenvalue weighted by Crippen LogP contribution is -2.67. The molecule has 31 heavy (non-hydrogen) atoms. The molecule has 0 unspecified atom stereocenters. The van der Waals surface area contributed by atoms with Crippen LogP contribution in [-0.4, -0.2) is 11.2 Å². The van der Waals surface area contributed by atoms with E-state index in [-0.39, 0.29) is 11.5 Å². The average molecular weight is 427 g/mol. The van der Waals surface area contributed by atoms with E-state index in [4.69, 9.17) is 0 Å². The maximum atomic E-state index is 10.9. The van der Waals surface area contributed by atoms with Gasteiger partial charge in [0.1, 0.15) is 0 Å². The molecule has 0 heterocycles. The van der Waals surface area contributed by atoms with Crippen molar-refractivity contribution in [1.82, 2.24) is 0 Å². The van der Waals surface area contributed by atoms with Crippen molar-refractivity contribution in [2.75, 3.05) is 0 Å². The first-order valence-electron chi connectivity index (χ1n) is 13.7. The first kappa shape index (κ1) is 22.5. The molecule has 5 aliphatic carbocycles. The highest BCUT2D eigenvalue weighted by molar-refractivity contribution is 5.21. The molecule has 1 heteroatoms. The topological polar surface area (TPSA) is 20.2 Å². The molecule has 0 spiro atoms. The number of hydrogen-bond donors (Lipinski definition) is 1. The van der Waals surface area contributed by atoms with E-state index in [0.717, 1.165) is 24.2 Å². The van der Waals surface area contributed by atoms with Gasteiger partial charge >= 0.3 is 0 Å². The predicted octanol–water partition coefficient (Wildman–Crippen LogP) is 8.02. The number of fused-ring (bicyclic) bond motifs is 7. The number of aliphatic hydroxyl groups is 1. The van der Waals surface area contributed by atoms with Crippen LogP contribution in [-0.2, 0) is 0 Å². The van der Waals surface area contributed by atoms with Gasteiger partial charge < -0.3 is 5.11 Å². The molecule has 0 aliphatic heterocycles. The van der Waals surface area contributed by atoms with Crippen molar-refractivity contribution in [1.29, 1.82) is 0 Å². The van der Waals surface area contributed by atoms with Gasteiger partial charge in [-0.05, 0) is 121 Å². The molecule has 0 aromatic carbocycles.